The van der Waals surface area contributed by atoms with E-state index < -0.39 is 0 Å². The van der Waals surface area contributed by atoms with Gasteiger partial charge in [0, 0.05) is 2.74 Å². The molecule has 4 fully saturated rings. The average Bonchev–Trinajstić information content (AvgIpc) is 3.57. The molecule has 7 aliphatic carbocycles. The summed E-state index contributed by atoms with van der Waals surface area (Å²) in [6.45, 7) is 0. The van der Waals surface area contributed by atoms with Crippen LogP contribution in [-0.2, 0) is 6.42 Å². The molecule has 0 radical (unpaired) electrons. The molecule has 8 rings (SSSR count). The number of hydrogen-bond donors (Lipinski definition) is 0. The topological polar surface area (TPSA) is 0 Å². The van der Waals surface area contributed by atoms with Crippen molar-refractivity contribution in [2.75, 3.05) is 0 Å². The number of hydrogen-bond acceptors (Lipinski definition) is 0. The number of allylic oxidation sites excluding steroid dienone is 4. The zero-order chi connectivity index (χ0) is 19.5. The summed E-state index contributed by atoms with van der Waals surface area (Å²) in [5, 5.41) is 0. The molecule has 10 unspecified atom stereocenters. The van der Waals surface area contributed by atoms with Crippen LogP contribution in [0.1, 0.15) is 59.3 Å². The normalized spacial score (nSPS) is 51.0. The van der Waals surface area contributed by atoms with Crippen LogP contribution in [0.25, 0.3) is 0 Å². The third kappa shape index (κ3) is 2.16. The van der Waals surface area contributed by atoms with Gasteiger partial charge in [-0.3, -0.25) is 0 Å². The summed E-state index contributed by atoms with van der Waals surface area (Å²) in [6.07, 6.45) is 19.1. The Morgan fingerprint density at radius 2 is 1.48 bits per heavy atom. The summed E-state index contributed by atoms with van der Waals surface area (Å²) in [6, 6.07) is 9.08. The van der Waals surface area contributed by atoms with Gasteiger partial charge in [0.2, 0.25) is 0 Å². The van der Waals surface area contributed by atoms with E-state index in [2.05, 4.69) is 48.6 Å². The van der Waals surface area contributed by atoms with Gasteiger partial charge in [0.1, 0.15) is 0 Å². The van der Waals surface area contributed by atoms with Crippen LogP contribution in [0.5, 0.6) is 0 Å². The van der Waals surface area contributed by atoms with E-state index in [0.29, 0.717) is 0 Å². The third-order valence-corrected chi connectivity index (χ3v) is 9.68. The second-order valence-electron chi connectivity index (χ2n) is 10.5. The highest BCUT2D eigenvalue weighted by Gasteiger charge is 2.57. The lowest BCUT2D eigenvalue weighted by Crippen LogP contribution is -2.25. The van der Waals surface area contributed by atoms with Crippen LogP contribution in [0.15, 0.2) is 48.6 Å². The largest absolute Gasteiger partial charge is 0.0848 e. The minimum atomic E-state index is -0.250. The van der Waals surface area contributed by atoms with Crippen LogP contribution < -0.4 is 0 Å². The standard InChI is InChI=1S/C14H14.C12H16.CH4/c1-2-4-12-9(3-1)8-13-10-5-6-11(7-10)14(12)13;1-2-8-5-7(1)11-9-3-4-10(6-9)12(8)11;/h1-6,10-11,13-14H,7-8H2;1-2,7-12H,3-6H2;1H4/i;;1TD. The molecule has 1 aromatic rings. The van der Waals surface area contributed by atoms with E-state index in [4.69, 9.17) is 2.74 Å². The van der Waals surface area contributed by atoms with Crippen LogP contribution >= 0.6 is 0 Å². The molecule has 0 spiro atoms. The van der Waals surface area contributed by atoms with Crippen LogP contribution in [0, 0.1) is 53.3 Å². The van der Waals surface area contributed by atoms with Crippen molar-refractivity contribution < 1.29 is 2.74 Å². The fraction of sp³-hybridized carbons (Fsp3) is 0.630. The van der Waals surface area contributed by atoms with E-state index >= 15 is 0 Å². The highest BCUT2D eigenvalue weighted by atomic mass is 14.6. The van der Waals surface area contributed by atoms with Gasteiger partial charge in [-0.2, -0.15) is 0 Å². The fourth-order valence-electron chi connectivity index (χ4n) is 8.94. The smallest absolute Gasteiger partial charge is 0.0194 e. The summed E-state index contributed by atoms with van der Waals surface area (Å²) < 4.78 is 11.8. The van der Waals surface area contributed by atoms with Crippen LogP contribution in [-0.4, -0.2) is 0 Å². The Morgan fingerprint density at radius 1 is 0.852 bits per heavy atom. The summed E-state index contributed by atoms with van der Waals surface area (Å²) in [4.78, 5) is 0. The lowest BCUT2D eigenvalue weighted by molar-refractivity contribution is 0.206. The summed E-state index contributed by atoms with van der Waals surface area (Å²) >= 11 is 0. The van der Waals surface area contributed by atoms with Gasteiger partial charge in [-0.05, 0) is 109 Å². The quantitative estimate of drug-likeness (QED) is 0.359. The molecule has 10 atom stereocenters. The second-order valence-corrected chi connectivity index (χ2v) is 10.5. The second kappa shape index (κ2) is 5.85. The van der Waals surface area contributed by atoms with Crippen molar-refractivity contribution in [2.24, 2.45) is 53.3 Å². The molecule has 142 valence electrons. The van der Waals surface area contributed by atoms with E-state index in [0.717, 1.165) is 59.2 Å². The molecule has 0 nitrogen and oxygen atoms in total. The summed E-state index contributed by atoms with van der Waals surface area (Å²) in [5.41, 5.74) is 3.29. The first-order chi connectivity index (χ1) is 14.3. The lowest BCUT2D eigenvalue weighted by atomic mass is 9.73. The Morgan fingerprint density at radius 3 is 2.26 bits per heavy atom. The zero-order valence-corrected chi connectivity index (χ0v) is 16.3. The van der Waals surface area contributed by atoms with Gasteiger partial charge in [-0.1, -0.05) is 55.9 Å². The van der Waals surface area contributed by atoms with Crippen LogP contribution in [0.3, 0.4) is 0 Å². The lowest BCUT2D eigenvalue weighted by Gasteiger charge is -2.31. The summed E-state index contributed by atoms with van der Waals surface area (Å²) in [7, 11) is -0.250. The Balaban J connectivity index is 0.000000102. The fourth-order valence-corrected chi connectivity index (χ4v) is 8.94. The van der Waals surface area contributed by atoms with Gasteiger partial charge in [-0.15, -0.1) is 0 Å². The highest BCUT2D eigenvalue weighted by molar-refractivity contribution is 5.41. The predicted molar refractivity (Wildman–Crippen MR) is 112 cm³/mol. The van der Waals surface area contributed by atoms with Crippen molar-refractivity contribution in [3.8, 4) is 0 Å². The van der Waals surface area contributed by atoms with E-state index in [1.54, 1.807) is 30.4 Å². The number of rotatable bonds is 0. The minimum absolute atomic E-state index is 0.250. The molecular weight excluding hydrogens is 324 g/mol. The minimum Gasteiger partial charge on any atom is -0.0848 e. The predicted octanol–water partition coefficient (Wildman–Crippen LogP) is 6.64. The third-order valence-electron chi connectivity index (χ3n) is 9.68. The molecule has 6 bridgehead atoms. The van der Waals surface area contributed by atoms with Gasteiger partial charge in [0.05, 0.1) is 0 Å². The summed E-state index contributed by atoms with van der Waals surface area (Å²) in [5.74, 6) is 10.2. The van der Waals surface area contributed by atoms with Gasteiger partial charge in [0.15, 0.2) is 0 Å². The Hall–Kier alpha value is -1.30. The zero-order valence-electron chi connectivity index (χ0n) is 18.3. The number of benzene rings is 1. The van der Waals surface area contributed by atoms with E-state index in [-0.39, 0.29) is 7.38 Å². The Kier molecular flexibility index (Phi) is 3.18. The van der Waals surface area contributed by atoms with Crippen molar-refractivity contribution in [3.05, 3.63) is 59.7 Å². The average molecular weight is 362 g/mol. The Labute approximate surface area is 167 Å². The maximum Gasteiger partial charge on any atom is 0.0194 e. The molecule has 4 saturated carbocycles. The maximum absolute atomic E-state index is 5.88. The van der Waals surface area contributed by atoms with Crippen molar-refractivity contribution in [3.63, 3.8) is 0 Å². The van der Waals surface area contributed by atoms with Crippen molar-refractivity contribution >= 4 is 0 Å². The molecule has 27 heavy (non-hydrogen) atoms. The van der Waals surface area contributed by atoms with Crippen LogP contribution in [0.4, 0.5) is 0 Å². The van der Waals surface area contributed by atoms with E-state index in [1.807, 2.05) is 0 Å². The molecule has 7 aliphatic rings. The first kappa shape index (κ1) is 14.7. The first-order valence-electron chi connectivity index (χ1n) is 12.7. The molecule has 0 aromatic heterocycles. The maximum atomic E-state index is 5.88. The van der Waals surface area contributed by atoms with Crippen molar-refractivity contribution in [1.29, 1.82) is 0 Å². The highest BCUT2D eigenvalue weighted by Crippen LogP contribution is 2.65. The number of fused-ring (bicyclic) bond motifs is 16. The monoisotopic (exact) mass is 361 g/mol. The van der Waals surface area contributed by atoms with Gasteiger partial charge < -0.3 is 0 Å². The SMILES string of the molecule is C1=CC2CC1C1C3CCC(C3)C21.C1=CC2CC1C1Cc3ccccc3C21.[2H]C[3H]. The van der Waals surface area contributed by atoms with Crippen LogP contribution in [0.2, 0.25) is 0 Å². The first-order valence-corrected chi connectivity index (χ1v) is 11.3. The molecule has 0 N–H and O–H groups in total. The van der Waals surface area contributed by atoms with Crippen molar-refractivity contribution in [2.45, 2.75) is 51.8 Å². The van der Waals surface area contributed by atoms with Gasteiger partial charge in [-0.25, -0.2) is 0 Å². The van der Waals surface area contributed by atoms with Gasteiger partial charge >= 0.3 is 0 Å². The van der Waals surface area contributed by atoms with E-state index in [1.165, 1.54) is 19.3 Å². The van der Waals surface area contributed by atoms with Gasteiger partial charge in [0.25, 0.3) is 0 Å². The molecule has 0 saturated heterocycles. The molecule has 0 aliphatic heterocycles. The van der Waals surface area contributed by atoms with E-state index in [9.17, 15) is 0 Å². The van der Waals surface area contributed by atoms with Crippen molar-refractivity contribution in [1.82, 2.24) is 0 Å². The molecule has 0 heteroatoms. The molecule has 1 aromatic carbocycles. The molecule has 0 heterocycles. The Bertz CT molecular complexity index is 802. The molecule has 0 amide bonds. The molecular formula is C27H34.